The first-order valence-electron chi connectivity index (χ1n) is 6.55. The molecule has 0 saturated carbocycles. The summed E-state index contributed by atoms with van der Waals surface area (Å²) < 4.78 is 0. The zero-order valence-corrected chi connectivity index (χ0v) is 13.6. The van der Waals surface area contributed by atoms with Crippen LogP contribution in [0.2, 0.25) is 10.0 Å². The van der Waals surface area contributed by atoms with E-state index in [-0.39, 0.29) is 24.4 Å². The predicted octanol–water partition coefficient (Wildman–Crippen LogP) is 3.82. The Morgan fingerprint density at radius 2 is 2.15 bits per heavy atom. The Morgan fingerprint density at radius 1 is 1.45 bits per heavy atom. The minimum atomic E-state index is -0.414. The molecule has 2 N–H and O–H groups in total. The summed E-state index contributed by atoms with van der Waals surface area (Å²) in [6.07, 6.45) is 2.59. The highest BCUT2D eigenvalue weighted by Crippen LogP contribution is 2.35. The maximum Gasteiger partial charge on any atom is 0.239 e. The van der Waals surface area contributed by atoms with E-state index in [0.29, 0.717) is 16.5 Å². The van der Waals surface area contributed by atoms with Crippen molar-refractivity contribution in [1.82, 2.24) is 4.90 Å². The lowest BCUT2D eigenvalue weighted by Crippen LogP contribution is -2.43. The molecule has 112 valence electrons. The van der Waals surface area contributed by atoms with Gasteiger partial charge in [-0.2, -0.15) is 0 Å². The summed E-state index contributed by atoms with van der Waals surface area (Å²) in [4.78, 5) is 14.1. The first-order valence-corrected chi connectivity index (χ1v) is 7.31. The smallest absolute Gasteiger partial charge is 0.239 e. The standard InChI is InChI=1S/C14H18Cl2N2O.ClH/c1-2-12(17)14(19)18-7-3-4-13(18)9-5-6-10(15)11(16)8-9;/h5-6,8,12-13H,2-4,7,17H2,1H3;1H/t12-,13?;/m0./s1. The number of carbonyl (C=O) groups excluding carboxylic acids is 1. The van der Waals surface area contributed by atoms with E-state index in [1.165, 1.54) is 0 Å². The van der Waals surface area contributed by atoms with Gasteiger partial charge in [0.1, 0.15) is 0 Å². The van der Waals surface area contributed by atoms with Gasteiger partial charge in [0.05, 0.1) is 22.1 Å². The van der Waals surface area contributed by atoms with Gasteiger partial charge in [0.25, 0.3) is 0 Å². The predicted molar refractivity (Wildman–Crippen MR) is 85.7 cm³/mol. The number of carbonyl (C=O) groups is 1. The van der Waals surface area contributed by atoms with Gasteiger partial charge in [-0.1, -0.05) is 36.2 Å². The summed E-state index contributed by atoms with van der Waals surface area (Å²) in [6.45, 7) is 2.68. The van der Waals surface area contributed by atoms with Crippen molar-refractivity contribution in [2.75, 3.05) is 6.54 Å². The minimum Gasteiger partial charge on any atom is -0.334 e. The van der Waals surface area contributed by atoms with Gasteiger partial charge in [-0.25, -0.2) is 0 Å². The van der Waals surface area contributed by atoms with Crippen molar-refractivity contribution in [3.63, 3.8) is 0 Å². The molecule has 3 nitrogen and oxygen atoms in total. The van der Waals surface area contributed by atoms with Crippen LogP contribution in [-0.2, 0) is 4.79 Å². The van der Waals surface area contributed by atoms with Gasteiger partial charge in [0.15, 0.2) is 0 Å². The molecule has 1 aromatic carbocycles. The van der Waals surface area contributed by atoms with Crippen LogP contribution in [0, 0.1) is 0 Å². The summed E-state index contributed by atoms with van der Waals surface area (Å²) in [5.74, 6) is 0.0241. The number of amides is 1. The number of hydrogen-bond donors (Lipinski definition) is 1. The number of hydrogen-bond acceptors (Lipinski definition) is 2. The number of benzene rings is 1. The molecule has 1 heterocycles. The van der Waals surface area contributed by atoms with Gasteiger partial charge < -0.3 is 10.6 Å². The molecule has 1 amide bonds. The zero-order chi connectivity index (χ0) is 14.0. The third kappa shape index (κ3) is 3.59. The normalized spacial score (nSPS) is 19.6. The first-order chi connectivity index (χ1) is 9.04. The van der Waals surface area contributed by atoms with Crippen LogP contribution in [0.5, 0.6) is 0 Å². The number of nitrogens with two attached hydrogens (primary N) is 1. The number of rotatable bonds is 3. The zero-order valence-electron chi connectivity index (χ0n) is 11.3. The summed E-state index contributed by atoms with van der Waals surface area (Å²) in [7, 11) is 0. The molecule has 1 unspecified atom stereocenters. The van der Waals surface area contributed by atoms with Crippen LogP contribution in [0.1, 0.15) is 37.8 Å². The van der Waals surface area contributed by atoms with Crippen molar-refractivity contribution in [2.24, 2.45) is 5.73 Å². The Bertz CT molecular complexity index is 481. The summed E-state index contributed by atoms with van der Waals surface area (Å²) in [5.41, 5.74) is 6.88. The molecule has 6 heteroatoms. The molecule has 0 radical (unpaired) electrons. The molecular formula is C14H19Cl3N2O. The van der Waals surface area contributed by atoms with Crippen molar-refractivity contribution in [1.29, 1.82) is 0 Å². The fourth-order valence-corrected chi connectivity index (χ4v) is 2.79. The van der Waals surface area contributed by atoms with Gasteiger partial charge in [-0.15, -0.1) is 12.4 Å². The van der Waals surface area contributed by atoms with Crippen LogP contribution in [-0.4, -0.2) is 23.4 Å². The molecule has 0 aliphatic carbocycles. The minimum absolute atomic E-state index is 0. The molecule has 20 heavy (non-hydrogen) atoms. The Morgan fingerprint density at radius 3 is 2.75 bits per heavy atom. The summed E-state index contributed by atoms with van der Waals surface area (Å²) >= 11 is 12.0. The van der Waals surface area contributed by atoms with Crippen LogP contribution in [0.15, 0.2) is 18.2 Å². The van der Waals surface area contributed by atoms with E-state index in [9.17, 15) is 4.79 Å². The maximum absolute atomic E-state index is 12.3. The molecule has 0 bridgehead atoms. The van der Waals surface area contributed by atoms with Crippen molar-refractivity contribution in [3.05, 3.63) is 33.8 Å². The molecular weight excluding hydrogens is 319 g/mol. The van der Waals surface area contributed by atoms with E-state index >= 15 is 0 Å². The topological polar surface area (TPSA) is 46.3 Å². The maximum atomic E-state index is 12.3. The number of halogens is 3. The van der Waals surface area contributed by atoms with Gasteiger partial charge in [-0.05, 0) is 37.0 Å². The van der Waals surface area contributed by atoms with Gasteiger partial charge in [-0.3, -0.25) is 4.79 Å². The van der Waals surface area contributed by atoms with E-state index in [0.717, 1.165) is 24.9 Å². The van der Waals surface area contributed by atoms with Crippen molar-refractivity contribution < 1.29 is 4.79 Å². The van der Waals surface area contributed by atoms with Gasteiger partial charge in [0, 0.05) is 6.54 Å². The SMILES string of the molecule is CC[C@H](N)C(=O)N1CCCC1c1ccc(Cl)c(Cl)c1.Cl. The van der Waals surface area contributed by atoms with Gasteiger partial charge >= 0.3 is 0 Å². The monoisotopic (exact) mass is 336 g/mol. The van der Waals surface area contributed by atoms with Crippen molar-refractivity contribution in [3.8, 4) is 0 Å². The molecule has 1 saturated heterocycles. The molecule has 1 aliphatic heterocycles. The van der Waals surface area contributed by atoms with Crippen molar-refractivity contribution in [2.45, 2.75) is 38.3 Å². The average molecular weight is 338 g/mol. The van der Waals surface area contributed by atoms with E-state index < -0.39 is 6.04 Å². The van der Waals surface area contributed by atoms with E-state index in [2.05, 4.69) is 0 Å². The Hall–Kier alpha value is -0.480. The molecule has 0 aromatic heterocycles. The molecule has 1 fully saturated rings. The molecule has 2 rings (SSSR count). The van der Waals surface area contributed by atoms with Crippen LogP contribution >= 0.6 is 35.6 Å². The van der Waals surface area contributed by atoms with Crippen LogP contribution in [0.3, 0.4) is 0 Å². The lowest BCUT2D eigenvalue weighted by Gasteiger charge is -2.27. The Kier molecular flexibility index (Phi) is 6.59. The fourth-order valence-electron chi connectivity index (χ4n) is 2.48. The van der Waals surface area contributed by atoms with Crippen LogP contribution in [0.4, 0.5) is 0 Å². The summed E-state index contributed by atoms with van der Waals surface area (Å²) in [5, 5.41) is 1.06. The van der Waals surface area contributed by atoms with Gasteiger partial charge in [0.2, 0.25) is 5.91 Å². The highest BCUT2D eigenvalue weighted by Gasteiger charge is 2.32. The second-order valence-corrected chi connectivity index (χ2v) is 5.69. The molecule has 0 spiro atoms. The highest BCUT2D eigenvalue weighted by atomic mass is 35.5. The molecule has 2 atom stereocenters. The van der Waals surface area contributed by atoms with E-state index in [1.807, 2.05) is 24.0 Å². The van der Waals surface area contributed by atoms with Crippen molar-refractivity contribution >= 4 is 41.5 Å². The molecule has 1 aliphatic rings. The largest absolute Gasteiger partial charge is 0.334 e. The Balaban J connectivity index is 0.00000200. The van der Waals surface area contributed by atoms with Crippen LogP contribution in [0.25, 0.3) is 0 Å². The third-order valence-corrected chi connectivity index (χ3v) is 4.36. The number of nitrogens with zero attached hydrogens (tertiary/aromatic N) is 1. The average Bonchev–Trinajstić information content (AvgIpc) is 2.89. The van der Waals surface area contributed by atoms with E-state index in [4.69, 9.17) is 28.9 Å². The molecule has 1 aromatic rings. The number of likely N-dealkylation sites (tertiary alicyclic amines) is 1. The summed E-state index contributed by atoms with van der Waals surface area (Å²) in [6, 6.07) is 5.21. The highest BCUT2D eigenvalue weighted by molar-refractivity contribution is 6.42. The van der Waals surface area contributed by atoms with Crippen LogP contribution < -0.4 is 5.73 Å². The fraction of sp³-hybridized carbons (Fsp3) is 0.500. The lowest BCUT2D eigenvalue weighted by atomic mass is 10.0. The Labute approximate surface area is 135 Å². The second kappa shape index (κ2) is 7.51. The first kappa shape index (κ1) is 17.6. The third-order valence-electron chi connectivity index (χ3n) is 3.62. The second-order valence-electron chi connectivity index (χ2n) is 4.88. The van der Waals surface area contributed by atoms with E-state index in [1.54, 1.807) is 6.07 Å². The lowest BCUT2D eigenvalue weighted by molar-refractivity contribution is -0.133. The quantitative estimate of drug-likeness (QED) is 0.911.